The van der Waals surface area contributed by atoms with Crippen LogP contribution in [0.4, 0.5) is 0 Å². The summed E-state index contributed by atoms with van der Waals surface area (Å²) in [4.78, 5) is 16.0. The molecule has 16 heavy (non-hydrogen) atoms. The average Bonchev–Trinajstić information content (AvgIpc) is 2.63. The highest BCUT2D eigenvalue weighted by Gasteiger charge is 2.17. The second-order valence-corrected chi connectivity index (χ2v) is 4.08. The van der Waals surface area contributed by atoms with E-state index < -0.39 is 0 Å². The predicted molar refractivity (Wildman–Crippen MR) is 66.2 cm³/mol. The van der Waals surface area contributed by atoms with Crippen molar-refractivity contribution < 1.29 is 4.79 Å². The first kappa shape index (κ1) is 12.6. The number of carbonyl (C=O) groups is 1. The summed E-state index contributed by atoms with van der Waals surface area (Å²) in [5, 5.41) is 2.79. The van der Waals surface area contributed by atoms with Crippen LogP contribution in [0.5, 0.6) is 0 Å². The standard InChI is InChI=1S/C10H16N4OS/c1-3-4-7(9(11)16)13-10(15)8-5-12-6-14(8)2/h5-7H,3-4H2,1-2H3,(H2,11,16)(H,13,15). The number of carbonyl (C=O) groups excluding carboxylic acids is 1. The molecule has 1 unspecified atom stereocenters. The van der Waals surface area contributed by atoms with Crippen molar-refractivity contribution in [3.8, 4) is 0 Å². The highest BCUT2D eigenvalue weighted by molar-refractivity contribution is 7.80. The molecule has 0 saturated carbocycles. The number of rotatable bonds is 5. The van der Waals surface area contributed by atoms with Gasteiger partial charge in [0.15, 0.2) is 0 Å². The first-order valence-electron chi connectivity index (χ1n) is 5.12. The largest absolute Gasteiger partial charge is 0.392 e. The maximum Gasteiger partial charge on any atom is 0.270 e. The van der Waals surface area contributed by atoms with Crippen molar-refractivity contribution in [3.05, 3.63) is 18.2 Å². The zero-order valence-corrected chi connectivity index (χ0v) is 10.3. The van der Waals surface area contributed by atoms with Crippen molar-refractivity contribution in [3.63, 3.8) is 0 Å². The van der Waals surface area contributed by atoms with Gasteiger partial charge in [0.2, 0.25) is 0 Å². The zero-order chi connectivity index (χ0) is 12.1. The first-order chi connectivity index (χ1) is 7.56. The van der Waals surface area contributed by atoms with E-state index in [0.29, 0.717) is 10.7 Å². The summed E-state index contributed by atoms with van der Waals surface area (Å²) in [6.45, 7) is 2.02. The maximum atomic E-state index is 11.8. The molecule has 3 N–H and O–H groups in total. The van der Waals surface area contributed by atoms with Crippen LogP contribution in [-0.4, -0.2) is 26.5 Å². The molecular weight excluding hydrogens is 224 g/mol. The van der Waals surface area contributed by atoms with Gasteiger partial charge < -0.3 is 15.6 Å². The van der Waals surface area contributed by atoms with Gasteiger partial charge in [0.05, 0.1) is 23.6 Å². The van der Waals surface area contributed by atoms with Gasteiger partial charge in [-0.15, -0.1) is 0 Å². The van der Waals surface area contributed by atoms with Gasteiger partial charge in [-0.05, 0) is 6.42 Å². The van der Waals surface area contributed by atoms with Crippen molar-refractivity contribution in [2.75, 3.05) is 0 Å². The Labute approximate surface area is 100 Å². The van der Waals surface area contributed by atoms with E-state index in [4.69, 9.17) is 18.0 Å². The Morgan fingerprint density at radius 1 is 1.75 bits per heavy atom. The summed E-state index contributed by atoms with van der Waals surface area (Å²) < 4.78 is 1.65. The van der Waals surface area contributed by atoms with E-state index in [1.807, 2.05) is 6.92 Å². The van der Waals surface area contributed by atoms with Gasteiger partial charge in [-0.25, -0.2) is 4.98 Å². The molecule has 5 nitrogen and oxygen atoms in total. The maximum absolute atomic E-state index is 11.8. The first-order valence-corrected chi connectivity index (χ1v) is 5.53. The Bertz CT molecular complexity index is 388. The number of imidazole rings is 1. The molecule has 0 fully saturated rings. The third-order valence-electron chi connectivity index (χ3n) is 2.28. The van der Waals surface area contributed by atoms with E-state index in [0.717, 1.165) is 12.8 Å². The number of nitrogens with zero attached hydrogens (tertiary/aromatic N) is 2. The number of aromatic nitrogens is 2. The molecule has 6 heteroatoms. The van der Waals surface area contributed by atoms with Crippen LogP contribution in [0.15, 0.2) is 12.5 Å². The van der Waals surface area contributed by atoms with Crippen LogP contribution in [0.2, 0.25) is 0 Å². The molecule has 0 aromatic carbocycles. The normalized spacial score (nSPS) is 12.1. The SMILES string of the molecule is CCCC(NC(=O)c1cncn1C)C(N)=S. The number of nitrogens with two attached hydrogens (primary N) is 1. The smallest absolute Gasteiger partial charge is 0.270 e. The van der Waals surface area contributed by atoms with Gasteiger partial charge in [-0.3, -0.25) is 4.79 Å². The third-order valence-corrected chi connectivity index (χ3v) is 2.56. The molecule has 0 aliphatic heterocycles. The van der Waals surface area contributed by atoms with Gasteiger partial charge in [-0.2, -0.15) is 0 Å². The Hall–Kier alpha value is -1.43. The summed E-state index contributed by atoms with van der Waals surface area (Å²) in [5.41, 5.74) is 6.05. The van der Waals surface area contributed by atoms with Gasteiger partial charge in [-0.1, -0.05) is 25.6 Å². The fourth-order valence-electron chi connectivity index (χ4n) is 1.38. The molecule has 1 heterocycles. The Kier molecular flexibility index (Phi) is 4.42. The van der Waals surface area contributed by atoms with Crippen molar-refractivity contribution in [2.45, 2.75) is 25.8 Å². The Balaban J connectivity index is 2.69. The molecule has 0 radical (unpaired) electrons. The topological polar surface area (TPSA) is 72.9 Å². The summed E-state index contributed by atoms with van der Waals surface area (Å²) >= 11 is 4.90. The molecule has 0 aliphatic carbocycles. The lowest BCUT2D eigenvalue weighted by Gasteiger charge is -2.16. The number of thiocarbonyl (C=S) groups is 1. The van der Waals surface area contributed by atoms with E-state index >= 15 is 0 Å². The number of aryl methyl sites for hydroxylation is 1. The second-order valence-electron chi connectivity index (χ2n) is 3.61. The average molecular weight is 240 g/mol. The van der Waals surface area contributed by atoms with Crippen molar-refractivity contribution >= 4 is 23.1 Å². The van der Waals surface area contributed by atoms with Crippen LogP contribution in [0.3, 0.4) is 0 Å². The molecule has 0 saturated heterocycles. The van der Waals surface area contributed by atoms with Crippen LogP contribution in [0, 0.1) is 0 Å². The van der Waals surface area contributed by atoms with E-state index in [-0.39, 0.29) is 11.9 Å². The predicted octanol–water partition coefficient (Wildman–Crippen LogP) is 0.605. The molecule has 1 aromatic heterocycles. The van der Waals surface area contributed by atoms with E-state index in [1.165, 1.54) is 6.20 Å². The monoisotopic (exact) mass is 240 g/mol. The molecular formula is C10H16N4OS. The van der Waals surface area contributed by atoms with Gasteiger partial charge >= 0.3 is 0 Å². The van der Waals surface area contributed by atoms with Gasteiger partial charge in [0.25, 0.3) is 5.91 Å². The Morgan fingerprint density at radius 3 is 2.88 bits per heavy atom. The summed E-state index contributed by atoms with van der Waals surface area (Å²) in [6, 6.07) is -0.248. The zero-order valence-electron chi connectivity index (χ0n) is 9.43. The minimum atomic E-state index is -0.248. The third kappa shape index (κ3) is 3.03. The highest BCUT2D eigenvalue weighted by Crippen LogP contribution is 2.01. The van der Waals surface area contributed by atoms with Crippen LogP contribution in [-0.2, 0) is 7.05 Å². The molecule has 1 aromatic rings. The highest BCUT2D eigenvalue weighted by atomic mass is 32.1. The molecule has 1 atom stereocenters. The fraction of sp³-hybridized carbons (Fsp3) is 0.500. The molecule has 1 rings (SSSR count). The van der Waals surface area contributed by atoms with E-state index in [1.54, 1.807) is 17.9 Å². The lowest BCUT2D eigenvalue weighted by atomic mass is 10.1. The van der Waals surface area contributed by atoms with Gasteiger partial charge in [0.1, 0.15) is 5.69 Å². The summed E-state index contributed by atoms with van der Waals surface area (Å²) in [5.74, 6) is -0.203. The quantitative estimate of drug-likeness (QED) is 0.739. The Morgan fingerprint density at radius 2 is 2.44 bits per heavy atom. The van der Waals surface area contributed by atoms with Crippen molar-refractivity contribution in [1.29, 1.82) is 0 Å². The van der Waals surface area contributed by atoms with E-state index in [2.05, 4.69) is 10.3 Å². The minimum absolute atomic E-state index is 0.203. The second kappa shape index (κ2) is 5.60. The summed E-state index contributed by atoms with van der Waals surface area (Å²) in [6.07, 6.45) is 4.75. The number of nitrogens with one attached hydrogen (secondary N) is 1. The molecule has 0 spiro atoms. The summed E-state index contributed by atoms with van der Waals surface area (Å²) in [7, 11) is 1.76. The van der Waals surface area contributed by atoms with Crippen LogP contribution in [0.1, 0.15) is 30.3 Å². The molecule has 0 bridgehead atoms. The minimum Gasteiger partial charge on any atom is -0.392 e. The number of amides is 1. The lowest BCUT2D eigenvalue weighted by Crippen LogP contribution is -2.43. The fourth-order valence-corrected chi connectivity index (χ4v) is 1.56. The van der Waals surface area contributed by atoms with Crippen molar-refractivity contribution in [2.24, 2.45) is 12.8 Å². The van der Waals surface area contributed by atoms with Crippen LogP contribution >= 0.6 is 12.2 Å². The van der Waals surface area contributed by atoms with Crippen LogP contribution in [0.25, 0.3) is 0 Å². The van der Waals surface area contributed by atoms with Crippen LogP contribution < -0.4 is 11.1 Å². The number of hydrogen-bond acceptors (Lipinski definition) is 3. The van der Waals surface area contributed by atoms with Crippen molar-refractivity contribution in [1.82, 2.24) is 14.9 Å². The molecule has 88 valence electrons. The molecule has 0 aliphatic rings. The van der Waals surface area contributed by atoms with Gasteiger partial charge in [0, 0.05) is 7.05 Å². The molecule has 1 amide bonds. The number of hydrogen-bond donors (Lipinski definition) is 2. The van der Waals surface area contributed by atoms with E-state index in [9.17, 15) is 4.79 Å². The lowest BCUT2D eigenvalue weighted by molar-refractivity contribution is 0.0937.